The van der Waals surface area contributed by atoms with Crippen molar-refractivity contribution >= 4 is 5.69 Å². The van der Waals surface area contributed by atoms with Crippen LogP contribution in [0.1, 0.15) is 0 Å². The number of likely N-dealkylation sites (N-methyl/N-ethyl adjacent to an activating group) is 1. The largest absolute Gasteiger partial charge is 0.494 e. The molecule has 3 heterocycles. The summed E-state index contributed by atoms with van der Waals surface area (Å²) in [5.41, 5.74) is 1.07. The zero-order valence-corrected chi connectivity index (χ0v) is 10.9. The van der Waals surface area contributed by atoms with E-state index in [2.05, 4.69) is 21.8 Å². The van der Waals surface area contributed by atoms with Crippen molar-refractivity contribution in [2.75, 3.05) is 45.2 Å². The lowest BCUT2D eigenvalue weighted by Gasteiger charge is -2.45. The van der Waals surface area contributed by atoms with E-state index in [1.807, 2.05) is 12.3 Å². The topological polar surface area (TPSA) is 37.8 Å². The maximum atomic E-state index is 5.97. The van der Waals surface area contributed by atoms with Crippen LogP contribution in [0, 0.1) is 0 Å². The van der Waals surface area contributed by atoms with Gasteiger partial charge < -0.3 is 19.3 Å². The molecule has 3 rings (SSSR count). The highest BCUT2D eigenvalue weighted by Gasteiger charge is 2.34. The predicted molar refractivity (Wildman–Crippen MR) is 69.2 cm³/mol. The molecule has 2 bridgehead atoms. The first kappa shape index (κ1) is 11.7. The molecule has 0 saturated carbocycles. The fourth-order valence-corrected chi connectivity index (χ4v) is 2.88. The quantitative estimate of drug-likeness (QED) is 0.768. The van der Waals surface area contributed by atoms with Gasteiger partial charge in [-0.25, -0.2) is 0 Å². The molecule has 0 aliphatic carbocycles. The standard InChI is InChI=1S/C13H19N3O2/c1-15-6-10-8-16(9-11(7-15)18-10)12-5-14-4-3-13(12)17-2/h3-5,10-11H,6-9H2,1-2H3. The van der Waals surface area contributed by atoms with Crippen molar-refractivity contribution in [3.8, 4) is 5.75 Å². The molecule has 98 valence electrons. The molecule has 0 spiro atoms. The van der Waals surface area contributed by atoms with Crippen molar-refractivity contribution in [1.82, 2.24) is 9.88 Å². The summed E-state index contributed by atoms with van der Waals surface area (Å²) in [5.74, 6) is 0.887. The van der Waals surface area contributed by atoms with Crippen LogP contribution in [0.5, 0.6) is 5.75 Å². The number of pyridine rings is 1. The monoisotopic (exact) mass is 249 g/mol. The summed E-state index contributed by atoms with van der Waals surface area (Å²) < 4.78 is 11.4. The lowest BCUT2D eigenvalue weighted by molar-refractivity contribution is -0.0875. The number of aromatic nitrogens is 1. The molecule has 2 atom stereocenters. The zero-order valence-electron chi connectivity index (χ0n) is 10.9. The Morgan fingerprint density at radius 3 is 2.67 bits per heavy atom. The first-order valence-corrected chi connectivity index (χ1v) is 6.33. The highest BCUT2D eigenvalue weighted by Crippen LogP contribution is 2.30. The Kier molecular flexibility index (Phi) is 3.09. The Morgan fingerprint density at radius 2 is 2.00 bits per heavy atom. The molecular weight excluding hydrogens is 230 g/mol. The summed E-state index contributed by atoms with van der Waals surface area (Å²) in [4.78, 5) is 8.88. The number of anilines is 1. The Hall–Kier alpha value is -1.33. The smallest absolute Gasteiger partial charge is 0.145 e. The third kappa shape index (κ3) is 2.15. The van der Waals surface area contributed by atoms with Crippen LogP contribution in [0.25, 0.3) is 0 Å². The molecule has 2 aliphatic heterocycles. The second-order valence-corrected chi connectivity index (χ2v) is 5.05. The zero-order chi connectivity index (χ0) is 12.5. The number of nitrogens with zero attached hydrogens (tertiary/aromatic N) is 3. The van der Waals surface area contributed by atoms with Crippen LogP contribution >= 0.6 is 0 Å². The number of hydrogen-bond acceptors (Lipinski definition) is 5. The minimum absolute atomic E-state index is 0.285. The van der Waals surface area contributed by atoms with Crippen molar-refractivity contribution in [2.24, 2.45) is 0 Å². The fourth-order valence-electron chi connectivity index (χ4n) is 2.88. The van der Waals surface area contributed by atoms with Gasteiger partial charge in [0.05, 0.1) is 31.2 Å². The van der Waals surface area contributed by atoms with Gasteiger partial charge in [0.2, 0.25) is 0 Å². The summed E-state index contributed by atoms with van der Waals surface area (Å²) in [6, 6.07) is 1.91. The number of ether oxygens (including phenoxy) is 2. The van der Waals surface area contributed by atoms with Crippen LogP contribution < -0.4 is 9.64 Å². The number of methoxy groups -OCH3 is 1. The molecule has 5 heteroatoms. The first-order chi connectivity index (χ1) is 8.76. The van der Waals surface area contributed by atoms with Gasteiger partial charge in [-0.1, -0.05) is 0 Å². The minimum Gasteiger partial charge on any atom is -0.494 e. The van der Waals surface area contributed by atoms with E-state index in [9.17, 15) is 0 Å². The lowest BCUT2D eigenvalue weighted by Crippen LogP contribution is -2.58. The van der Waals surface area contributed by atoms with E-state index in [1.54, 1.807) is 13.3 Å². The van der Waals surface area contributed by atoms with E-state index >= 15 is 0 Å². The van der Waals surface area contributed by atoms with Gasteiger partial charge in [-0.3, -0.25) is 4.98 Å². The van der Waals surface area contributed by atoms with E-state index in [-0.39, 0.29) is 12.2 Å². The molecule has 2 unspecified atom stereocenters. The Balaban J connectivity index is 1.81. The van der Waals surface area contributed by atoms with Gasteiger partial charge in [0.15, 0.2) is 0 Å². The molecule has 0 aromatic carbocycles. The maximum absolute atomic E-state index is 5.97. The molecule has 2 saturated heterocycles. The third-order valence-electron chi connectivity index (χ3n) is 3.59. The van der Waals surface area contributed by atoms with Crippen LogP contribution in [0.15, 0.2) is 18.5 Å². The van der Waals surface area contributed by atoms with Crippen molar-refractivity contribution in [1.29, 1.82) is 0 Å². The molecule has 0 amide bonds. The van der Waals surface area contributed by atoms with Gasteiger partial charge in [0.25, 0.3) is 0 Å². The van der Waals surface area contributed by atoms with Gasteiger partial charge in [0.1, 0.15) is 5.75 Å². The maximum Gasteiger partial charge on any atom is 0.145 e. The first-order valence-electron chi connectivity index (χ1n) is 6.33. The van der Waals surface area contributed by atoms with E-state index < -0.39 is 0 Å². The molecule has 1 aromatic rings. The Labute approximate surface area is 107 Å². The Bertz CT molecular complexity index is 408. The van der Waals surface area contributed by atoms with E-state index in [0.29, 0.717) is 0 Å². The van der Waals surface area contributed by atoms with Crippen molar-refractivity contribution in [3.05, 3.63) is 18.5 Å². The summed E-state index contributed by atoms with van der Waals surface area (Å²) in [7, 11) is 3.86. The molecule has 18 heavy (non-hydrogen) atoms. The van der Waals surface area contributed by atoms with Crippen molar-refractivity contribution in [2.45, 2.75) is 12.2 Å². The predicted octanol–water partition coefficient (Wildman–Crippen LogP) is 0.609. The third-order valence-corrected chi connectivity index (χ3v) is 3.59. The van der Waals surface area contributed by atoms with Crippen LogP contribution in [-0.2, 0) is 4.74 Å². The van der Waals surface area contributed by atoms with Gasteiger partial charge in [0, 0.05) is 38.4 Å². The molecule has 0 radical (unpaired) electrons. The fraction of sp³-hybridized carbons (Fsp3) is 0.615. The average Bonchev–Trinajstić information content (AvgIpc) is 2.37. The van der Waals surface area contributed by atoms with Gasteiger partial charge in [-0.05, 0) is 7.05 Å². The average molecular weight is 249 g/mol. The van der Waals surface area contributed by atoms with Crippen LogP contribution in [0.3, 0.4) is 0 Å². The molecule has 2 fully saturated rings. The van der Waals surface area contributed by atoms with Crippen molar-refractivity contribution < 1.29 is 9.47 Å². The van der Waals surface area contributed by atoms with Gasteiger partial charge in [-0.2, -0.15) is 0 Å². The molecule has 1 aromatic heterocycles. The highest BCUT2D eigenvalue weighted by atomic mass is 16.5. The highest BCUT2D eigenvalue weighted by molar-refractivity contribution is 5.57. The summed E-state index contributed by atoms with van der Waals surface area (Å²) >= 11 is 0. The molecule has 0 N–H and O–H groups in total. The van der Waals surface area contributed by atoms with Gasteiger partial charge in [-0.15, -0.1) is 0 Å². The molecule has 5 nitrogen and oxygen atoms in total. The SMILES string of the molecule is COc1ccncc1N1CC2CN(C)CC(C1)O2. The summed E-state index contributed by atoms with van der Waals surface area (Å²) in [5, 5.41) is 0. The van der Waals surface area contributed by atoms with Crippen molar-refractivity contribution in [3.63, 3.8) is 0 Å². The number of rotatable bonds is 2. The van der Waals surface area contributed by atoms with E-state index in [4.69, 9.17) is 9.47 Å². The minimum atomic E-state index is 0.285. The number of hydrogen-bond donors (Lipinski definition) is 0. The Morgan fingerprint density at radius 1 is 1.28 bits per heavy atom. The second-order valence-electron chi connectivity index (χ2n) is 5.05. The van der Waals surface area contributed by atoms with Gasteiger partial charge >= 0.3 is 0 Å². The normalized spacial score (nSPS) is 28.2. The van der Waals surface area contributed by atoms with Crippen LogP contribution in [0.4, 0.5) is 5.69 Å². The number of fused-ring (bicyclic) bond motifs is 2. The lowest BCUT2D eigenvalue weighted by atomic mass is 10.1. The molecular formula is C13H19N3O2. The van der Waals surface area contributed by atoms with Crippen LogP contribution in [0.2, 0.25) is 0 Å². The summed E-state index contributed by atoms with van der Waals surface area (Å²) in [6.07, 6.45) is 4.21. The molecule has 2 aliphatic rings. The summed E-state index contributed by atoms with van der Waals surface area (Å²) in [6.45, 7) is 3.80. The number of morpholine rings is 2. The second kappa shape index (κ2) is 4.74. The van der Waals surface area contributed by atoms with Crippen LogP contribution in [-0.4, -0.2) is 62.4 Å². The van der Waals surface area contributed by atoms with E-state index in [1.165, 1.54) is 0 Å². The van der Waals surface area contributed by atoms with E-state index in [0.717, 1.165) is 37.6 Å².